The molecule has 90 valence electrons. The molecule has 2 rings (SSSR count). The van der Waals surface area contributed by atoms with Gasteiger partial charge in [0.25, 0.3) is 0 Å². The quantitative estimate of drug-likeness (QED) is 0.809. The van der Waals surface area contributed by atoms with Gasteiger partial charge in [-0.05, 0) is 12.1 Å². The Kier molecular flexibility index (Phi) is 3.56. The van der Waals surface area contributed by atoms with Gasteiger partial charge in [0.1, 0.15) is 5.75 Å². The highest BCUT2D eigenvalue weighted by Gasteiger charge is 2.08. The highest BCUT2D eigenvalue weighted by Crippen LogP contribution is 2.22. The number of rotatable bonds is 5. The minimum absolute atomic E-state index is 0.0108. The number of nitrogens with zero attached hydrogens (tertiary/aromatic N) is 2. The zero-order chi connectivity index (χ0) is 12.1. The van der Waals surface area contributed by atoms with Gasteiger partial charge in [-0.3, -0.25) is 0 Å². The number of benzene rings is 1. The van der Waals surface area contributed by atoms with Crippen LogP contribution in [0.2, 0.25) is 0 Å². The standard InChI is InChI=1S/C11H13N3O3/c1-16-9-4-2-3-8(7-9)10-13-11(17-14-10)12-5-6-15/h2-4,7,15H,5-6H2,1H3,(H,12,13,14). The molecule has 1 heterocycles. The molecule has 0 bridgehead atoms. The van der Waals surface area contributed by atoms with Crippen molar-refractivity contribution in [3.05, 3.63) is 24.3 Å². The van der Waals surface area contributed by atoms with Crippen LogP contribution in [0.4, 0.5) is 6.01 Å². The van der Waals surface area contributed by atoms with Gasteiger partial charge in [0.05, 0.1) is 13.7 Å². The maximum atomic E-state index is 8.65. The van der Waals surface area contributed by atoms with Crippen LogP contribution < -0.4 is 10.1 Å². The fourth-order valence-electron chi connectivity index (χ4n) is 1.34. The molecule has 0 amide bonds. The van der Waals surface area contributed by atoms with E-state index in [1.165, 1.54) is 0 Å². The van der Waals surface area contributed by atoms with E-state index < -0.39 is 0 Å². The monoisotopic (exact) mass is 235 g/mol. The second-order valence-corrected chi connectivity index (χ2v) is 3.31. The third-order valence-corrected chi connectivity index (χ3v) is 2.14. The number of methoxy groups -OCH3 is 1. The average Bonchev–Trinajstić information content (AvgIpc) is 2.85. The van der Waals surface area contributed by atoms with Gasteiger partial charge >= 0.3 is 6.01 Å². The van der Waals surface area contributed by atoms with E-state index in [0.29, 0.717) is 12.4 Å². The molecule has 2 N–H and O–H groups in total. The van der Waals surface area contributed by atoms with E-state index >= 15 is 0 Å². The summed E-state index contributed by atoms with van der Waals surface area (Å²) in [5.74, 6) is 1.21. The first kappa shape index (κ1) is 11.4. The molecule has 1 aromatic carbocycles. The van der Waals surface area contributed by atoms with E-state index in [1.807, 2.05) is 24.3 Å². The number of nitrogens with one attached hydrogen (secondary N) is 1. The number of anilines is 1. The summed E-state index contributed by atoms with van der Waals surface area (Å²) in [6, 6.07) is 7.67. The number of aliphatic hydroxyl groups excluding tert-OH is 1. The van der Waals surface area contributed by atoms with Gasteiger partial charge in [-0.2, -0.15) is 4.98 Å². The van der Waals surface area contributed by atoms with E-state index in [9.17, 15) is 0 Å². The van der Waals surface area contributed by atoms with Crippen molar-refractivity contribution < 1.29 is 14.4 Å². The molecule has 0 aliphatic heterocycles. The fraction of sp³-hybridized carbons (Fsp3) is 0.273. The van der Waals surface area contributed by atoms with Crippen molar-refractivity contribution in [1.29, 1.82) is 0 Å². The summed E-state index contributed by atoms with van der Waals surface area (Å²) in [6.45, 7) is 0.386. The molecule has 6 heteroatoms. The lowest BCUT2D eigenvalue weighted by atomic mass is 10.2. The Morgan fingerprint density at radius 3 is 3.12 bits per heavy atom. The van der Waals surface area contributed by atoms with Crippen LogP contribution >= 0.6 is 0 Å². The summed E-state index contributed by atoms with van der Waals surface area (Å²) in [7, 11) is 1.60. The Hall–Kier alpha value is -2.08. The lowest BCUT2D eigenvalue weighted by molar-refractivity contribution is 0.308. The van der Waals surface area contributed by atoms with Crippen molar-refractivity contribution in [2.75, 3.05) is 25.6 Å². The molecule has 0 radical (unpaired) electrons. The maximum absolute atomic E-state index is 8.65. The van der Waals surface area contributed by atoms with Crippen molar-refractivity contribution in [1.82, 2.24) is 10.1 Å². The van der Waals surface area contributed by atoms with Gasteiger partial charge in [-0.25, -0.2) is 0 Å². The topological polar surface area (TPSA) is 80.4 Å². The number of ether oxygens (including phenoxy) is 1. The number of aliphatic hydroxyl groups is 1. The first-order chi connectivity index (χ1) is 8.33. The first-order valence-electron chi connectivity index (χ1n) is 5.16. The van der Waals surface area contributed by atoms with Gasteiger partial charge in [0.2, 0.25) is 5.82 Å². The normalized spacial score (nSPS) is 10.2. The Labute approximate surface area is 98.2 Å². The van der Waals surface area contributed by atoms with Gasteiger partial charge in [-0.15, -0.1) is 0 Å². The summed E-state index contributed by atoms with van der Waals surface area (Å²) in [6.07, 6.45) is 0. The fourth-order valence-corrected chi connectivity index (χ4v) is 1.34. The molecule has 6 nitrogen and oxygen atoms in total. The number of aromatic nitrogens is 2. The minimum atomic E-state index is 0.0108. The van der Waals surface area contributed by atoms with E-state index in [4.69, 9.17) is 14.4 Å². The summed E-state index contributed by atoms with van der Waals surface area (Å²) >= 11 is 0. The van der Waals surface area contributed by atoms with E-state index in [1.54, 1.807) is 7.11 Å². The molecule has 0 atom stereocenters. The Morgan fingerprint density at radius 2 is 2.35 bits per heavy atom. The van der Waals surface area contributed by atoms with Gasteiger partial charge < -0.3 is 19.7 Å². The minimum Gasteiger partial charge on any atom is -0.497 e. The number of hydrogen-bond donors (Lipinski definition) is 2. The number of hydrogen-bond acceptors (Lipinski definition) is 6. The van der Waals surface area contributed by atoms with Crippen LogP contribution in [0.3, 0.4) is 0 Å². The zero-order valence-corrected chi connectivity index (χ0v) is 9.38. The molecular formula is C11H13N3O3. The summed E-state index contributed by atoms with van der Waals surface area (Å²) in [5.41, 5.74) is 0.810. The molecule has 0 aliphatic carbocycles. The van der Waals surface area contributed by atoms with Crippen LogP contribution in [0, 0.1) is 0 Å². The van der Waals surface area contributed by atoms with Crippen molar-refractivity contribution >= 4 is 6.01 Å². The Morgan fingerprint density at radius 1 is 1.47 bits per heavy atom. The zero-order valence-electron chi connectivity index (χ0n) is 9.38. The highest BCUT2D eigenvalue weighted by molar-refractivity contribution is 5.57. The van der Waals surface area contributed by atoms with Crippen molar-refractivity contribution in [3.8, 4) is 17.1 Å². The molecule has 0 fully saturated rings. The molecule has 0 unspecified atom stereocenters. The molecule has 0 aliphatic rings. The summed E-state index contributed by atoms with van der Waals surface area (Å²) in [5, 5.41) is 15.3. The second kappa shape index (κ2) is 5.31. The third-order valence-electron chi connectivity index (χ3n) is 2.14. The molecular weight excluding hydrogens is 222 g/mol. The van der Waals surface area contributed by atoms with Crippen LogP contribution in [0.1, 0.15) is 0 Å². The van der Waals surface area contributed by atoms with Crippen LogP contribution in [-0.4, -0.2) is 35.5 Å². The van der Waals surface area contributed by atoms with Crippen LogP contribution in [0.5, 0.6) is 5.75 Å². The predicted molar refractivity (Wildman–Crippen MR) is 61.9 cm³/mol. The smallest absolute Gasteiger partial charge is 0.321 e. The lowest BCUT2D eigenvalue weighted by Crippen LogP contribution is -2.05. The second-order valence-electron chi connectivity index (χ2n) is 3.31. The van der Waals surface area contributed by atoms with Crippen LogP contribution in [-0.2, 0) is 0 Å². The van der Waals surface area contributed by atoms with E-state index in [-0.39, 0.29) is 12.6 Å². The molecule has 0 spiro atoms. The van der Waals surface area contributed by atoms with Crippen molar-refractivity contribution in [2.45, 2.75) is 0 Å². The van der Waals surface area contributed by atoms with E-state index in [2.05, 4.69) is 15.5 Å². The highest BCUT2D eigenvalue weighted by atomic mass is 16.5. The Bertz CT molecular complexity index is 484. The molecule has 2 aromatic rings. The van der Waals surface area contributed by atoms with Crippen molar-refractivity contribution in [2.24, 2.45) is 0 Å². The predicted octanol–water partition coefficient (Wildman–Crippen LogP) is 1.15. The molecule has 0 saturated heterocycles. The maximum Gasteiger partial charge on any atom is 0.321 e. The molecule has 17 heavy (non-hydrogen) atoms. The summed E-state index contributed by atoms with van der Waals surface area (Å²) in [4.78, 5) is 4.14. The van der Waals surface area contributed by atoms with Gasteiger partial charge in [-0.1, -0.05) is 17.3 Å². The van der Waals surface area contributed by atoms with Crippen LogP contribution in [0.15, 0.2) is 28.8 Å². The third kappa shape index (κ3) is 2.73. The lowest BCUT2D eigenvalue weighted by Gasteiger charge is -1.99. The SMILES string of the molecule is COc1cccc(-c2noc(NCCO)n2)c1. The van der Waals surface area contributed by atoms with Crippen LogP contribution in [0.25, 0.3) is 11.4 Å². The largest absolute Gasteiger partial charge is 0.497 e. The molecule has 1 aromatic heterocycles. The van der Waals surface area contributed by atoms with Gasteiger partial charge in [0, 0.05) is 12.1 Å². The molecule has 0 saturated carbocycles. The van der Waals surface area contributed by atoms with Gasteiger partial charge in [0.15, 0.2) is 0 Å². The average molecular weight is 235 g/mol. The first-order valence-corrected chi connectivity index (χ1v) is 5.16. The van der Waals surface area contributed by atoms with Crippen molar-refractivity contribution in [3.63, 3.8) is 0 Å². The Balaban J connectivity index is 2.18. The van der Waals surface area contributed by atoms with E-state index in [0.717, 1.165) is 11.3 Å². The summed E-state index contributed by atoms with van der Waals surface area (Å²) < 4.78 is 10.1.